The van der Waals surface area contributed by atoms with E-state index in [0.717, 1.165) is 0 Å². The van der Waals surface area contributed by atoms with E-state index in [-0.39, 0.29) is 5.78 Å². The second-order valence-electron chi connectivity index (χ2n) is 4.15. The van der Waals surface area contributed by atoms with Crippen molar-refractivity contribution in [2.75, 3.05) is 0 Å². The van der Waals surface area contributed by atoms with Gasteiger partial charge in [0.2, 0.25) is 0 Å². The van der Waals surface area contributed by atoms with E-state index in [1.165, 1.54) is 13.0 Å². The highest BCUT2D eigenvalue weighted by Gasteiger charge is 2.35. The Kier molecular flexibility index (Phi) is 3.88. The van der Waals surface area contributed by atoms with Gasteiger partial charge in [-0.05, 0) is 26.0 Å². The summed E-state index contributed by atoms with van der Waals surface area (Å²) in [7, 11) is 0. The molecule has 0 spiro atoms. The molecule has 1 rings (SSSR count). The lowest BCUT2D eigenvalue weighted by molar-refractivity contribution is -0.126. The second-order valence-corrected chi connectivity index (χ2v) is 4.15. The first kappa shape index (κ1) is 12.9. The summed E-state index contributed by atoms with van der Waals surface area (Å²) in [6, 6.07) is 0. The number of rotatable bonds is 4. The van der Waals surface area contributed by atoms with Crippen LogP contribution < -0.4 is 0 Å². The van der Waals surface area contributed by atoms with Gasteiger partial charge in [-0.2, -0.15) is 0 Å². The normalized spacial score (nSPS) is 30.8. The zero-order valence-electron chi connectivity index (χ0n) is 9.80. The number of ketones is 1. The third kappa shape index (κ3) is 2.93. The van der Waals surface area contributed by atoms with Gasteiger partial charge in [0, 0.05) is 6.42 Å². The van der Waals surface area contributed by atoms with Crippen LogP contribution in [0.2, 0.25) is 0 Å². The highest BCUT2D eigenvalue weighted by molar-refractivity contribution is 5.84. The lowest BCUT2D eigenvalue weighted by atomic mass is 9.81. The molecule has 0 bridgehead atoms. The molecule has 0 heterocycles. The topological polar surface area (TPSA) is 66.8 Å². The first-order valence-corrected chi connectivity index (χ1v) is 5.37. The SMILES string of the molecule is CCC(=O)C1C=CC(OC(C)O)=CC1(C)O. The predicted molar refractivity (Wildman–Crippen MR) is 59.4 cm³/mol. The Balaban J connectivity index is 2.84. The largest absolute Gasteiger partial charge is 0.466 e. The molecule has 0 aliphatic heterocycles. The van der Waals surface area contributed by atoms with Crippen LogP contribution in [0.15, 0.2) is 24.0 Å². The van der Waals surface area contributed by atoms with Crippen molar-refractivity contribution in [1.29, 1.82) is 0 Å². The van der Waals surface area contributed by atoms with E-state index >= 15 is 0 Å². The van der Waals surface area contributed by atoms with Crippen LogP contribution in [-0.2, 0) is 9.53 Å². The lowest BCUT2D eigenvalue weighted by Gasteiger charge is -2.30. The molecule has 2 N–H and O–H groups in total. The molecule has 0 fully saturated rings. The van der Waals surface area contributed by atoms with Crippen molar-refractivity contribution in [1.82, 2.24) is 0 Å². The Bertz CT molecular complexity index is 326. The molecule has 0 aromatic rings. The minimum Gasteiger partial charge on any atom is -0.466 e. The monoisotopic (exact) mass is 226 g/mol. The van der Waals surface area contributed by atoms with Crippen LogP contribution in [0.3, 0.4) is 0 Å². The smallest absolute Gasteiger partial charge is 0.194 e. The maximum Gasteiger partial charge on any atom is 0.194 e. The van der Waals surface area contributed by atoms with E-state index in [1.54, 1.807) is 26.0 Å². The fourth-order valence-electron chi connectivity index (χ4n) is 1.74. The zero-order chi connectivity index (χ0) is 12.3. The average Bonchev–Trinajstić information content (AvgIpc) is 2.14. The summed E-state index contributed by atoms with van der Waals surface area (Å²) in [5.74, 6) is -0.187. The van der Waals surface area contributed by atoms with Gasteiger partial charge in [-0.25, -0.2) is 0 Å². The minimum absolute atomic E-state index is 0.0198. The fourth-order valence-corrected chi connectivity index (χ4v) is 1.74. The first-order valence-electron chi connectivity index (χ1n) is 5.37. The Morgan fingerprint density at radius 1 is 1.69 bits per heavy atom. The zero-order valence-corrected chi connectivity index (χ0v) is 9.80. The summed E-state index contributed by atoms with van der Waals surface area (Å²) in [5, 5.41) is 19.2. The molecule has 3 atom stereocenters. The molecule has 0 aromatic heterocycles. The van der Waals surface area contributed by atoms with Gasteiger partial charge >= 0.3 is 0 Å². The summed E-state index contributed by atoms with van der Waals surface area (Å²) < 4.78 is 5.05. The number of carbonyl (C=O) groups is 1. The number of hydrogen-bond acceptors (Lipinski definition) is 4. The predicted octanol–water partition coefficient (Wildman–Crippen LogP) is 1.14. The van der Waals surface area contributed by atoms with E-state index in [9.17, 15) is 9.90 Å². The number of Topliss-reactive ketones (excluding diaryl/α,β-unsaturated/α-hetero) is 1. The van der Waals surface area contributed by atoms with Crippen molar-refractivity contribution < 1.29 is 19.7 Å². The molecular weight excluding hydrogens is 208 g/mol. The van der Waals surface area contributed by atoms with Crippen molar-refractivity contribution in [2.45, 2.75) is 39.1 Å². The molecule has 1 aliphatic rings. The molecule has 16 heavy (non-hydrogen) atoms. The van der Waals surface area contributed by atoms with E-state index in [4.69, 9.17) is 9.84 Å². The Hall–Kier alpha value is -1.13. The minimum atomic E-state index is -1.26. The molecule has 1 aliphatic carbocycles. The molecule has 90 valence electrons. The number of aliphatic hydroxyl groups is 2. The molecule has 0 saturated heterocycles. The van der Waals surface area contributed by atoms with Gasteiger partial charge in [-0.3, -0.25) is 4.79 Å². The van der Waals surface area contributed by atoms with Crippen molar-refractivity contribution in [3.05, 3.63) is 24.0 Å². The van der Waals surface area contributed by atoms with Crippen molar-refractivity contribution in [3.63, 3.8) is 0 Å². The van der Waals surface area contributed by atoms with Crippen LogP contribution in [0.4, 0.5) is 0 Å². The number of hydrogen-bond donors (Lipinski definition) is 2. The number of carbonyl (C=O) groups excluding carboxylic acids is 1. The molecule has 0 radical (unpaired) electrons. The average molecular weight is 226 g/mol. The van der Waals surface area contributed by atoms with Gasteiger partial charge in [0.15, 0.2) is 6.29 Å². The van der Waals surface area contributed by atoms with Crippen LogP contribution in [-0.4, -0.2) is 27.9 Å². The molecule has 0 amide bonds. The number of allylic oxidation sites excluding steroid dienone is 1. The van der Waals surface area contributed by atoms with Gasteiger partial charge in [-0.1, -0.05) is 13.0 Å². The lowest BCUT2D eigenvalue weighted by Crippen LogP contribution is -2.38. The third-order valence-corrected chi connectivity index (χ3v) is 2.52. The van der Waals surface area contributed by atoms with E-state index < -0.39 is 17.8 Å². The van der Waals surface area contributed by atoms with Gasteiger partial charge in [0.1, 0.15) is 11.5 Å². The van der Waals surface area contributed by atoms with Gasteiger partial charge in [0.05, 0.1) is 11.5 Å². The van der Waals surface area contributed by atoms with Crippen molar-refractivity contribution >= 4 is 5.78 Å². The highest BCUT2D eigenvalue weighted by atomic mass is 16.6. The molecule has 4 nitrogen and oxygen atoms in total. The van der Waals surface area contributed by atoms with Crippen LogP contribution >= 0.6 is 0 Å². The Labute approximate surface area is 95.2 Å². The molecule has 3 unspecified atom stereocenters. The molecule has 4 heteroatoms. The quantitative estimate of drug-likeness (QED) is 0.705. The maximum absolute atomic E-state index is 11.6. The van der Waals surface area contributed by atoms with Gasteiger partial charge in [-0.15, -0.1) is 0 Å². The second kappa shape index (κ2) is 4.80. The summed E-state index contributed by atoms with van der Waals surface area (Å²) in [5.41, 5.74) is -1.26. The fraction of sp³-hybridized carbons (Fsp3) is 0.583. The number of ether oxygens (including phenoxy) is 1. The molecule has 0 aromatic carbocycles. The van der Waals surface area contributed by atoms with Gasteiger partial charge in [0.25, 0.3) is 0 Å². The van der Waals surface area contributed by atoms with Crippen LogP contribution in [0.5, 0.6) is 0 Å². The number of aliphatic hydroxyl groups excluding tert-OH is 1. The molecule has 0 saturated carbocycles. The Morgan fingerprint density at radius 2 is 2.31 bits per heavy atom. The first-order chi connectivity index (χ1) is 7.36. The maximum atomic E-state index is 11.6. The van der Waals surface area contributed by atoms with E-state index in [2.05, 4.69) is 0 Å². The van der Waals surface area contributed by atoms with Crippen molar-refractivity contribution in [3.8, 4) is 0 Å². The summed E-state index contributed by atoms with van der Waals surface area (Å²) in [4.78, 5) is 11.6. The Morgan fingerprint density at radius 3 is 2.75 bits per heavy atom. The van der Waals surface area contributed by atoms with Crippen LogP contribution in [0.1, 0.15) is 27.2 Å². The van der Waals surface area contributed by atoms with E-state index in [0.29, 0.717) is 12.2 Å². The summed E-state index contributed by atoms with van der Waals surface area (Å²) in [6.45, 7) is 4.80. The summed E-state index contributed by atoms with van der Waals surface area (Å²) >= 11 is 0. The van der Waals surface area contributed by atoms with E-state index in [1.807, 2.05) is 0 Å². The standard InChI is InChI=1S/C12H18O4/c1-4-11(14)10-6-5-9(16-8(2)13)7-12(10,3)15/h5-8,10,13,15H,4H2,1-3H3. The van der Waals surface area contributed by atoms with Crippen molar-refractivity contribution in [2.24, 2.45) is 5.92 Å². The van der Waals surface area contributed by atoms with Crippen LogP contribution in [0.25, 0.3) is 0 Å². The van der Waals surface area contributed by atoms with Crippen LogP contribution in [0, 0.1) is 5.92 Å². The highest BCUT2D eigenvalue weighted by Crippen LogP contribution is 2.29. The van der Waals surface area contributed by atoms with Gasteiger partial charge < -0.3 is 14.9 Å². The molecular formula is C12H18O4. The third-order valence-electron chi connectivity index (χ3n) is 2.52. The summed E-state index contributed by atoms with van der Waals surface area (Å²) in [6.07, 6.45) is 4.11.